The molecule has 0 fully saturated rings. The summed E-state index contributed by atoms with van der Waals surface area (Å²) >= 11 is 0. The number of hydrogen-bond donors (Lipinski definition) is 0. The van der Waals surface area contributed by atoms with E-state index < -0.39 is 9.84 Å². The molecule has 1 aliphatic heterocycles. The molecule has 160 valence electrons. The van der Waals surface area contributed by atoms with Gasteiger partial charge < -0.3 is 9.32 Å². The summed E-state index contributed by atoms with van der Waals surface area (Å²) in [5.41, 5.74) is 1.91. The number of amides is 2. The number of carbonyl (C=O) groups is 2. The van der Waals surface area contributed by atoms with Gasteiger partial charge in [0, 0.05) is 31.5 Å². The van der Waals surface area contributed by atoms with Gasteiger partial charge in [0.1, 0.15) is 0 Å². The lowest BCUT2D eigenvalue weighted by molar-refractivity contribution is -0.117. The monoisotopic (exact) mass is 439 g/mol. The maximum Gasteiger partial charge on any atom is 0.294 e. The number of furan rings is 1. The Morgan fingerprint density at radius 3 is 2.42 bits per heavy atom. The number of pyridine rings is 1. The van der Waals surface area contributed by atoms with Gasteiger partial charge in [0.25, 0.3) is 5.91 Å². The Morgan fingerprint density at radius 1 is 1.13 bits per heavy atom. The van der Waals surface area contributed by atoms with Gasteiger partial charge in [0.2, 0.25) is 5.91 Å². The summed E-state index contributed by atoms with van der Waals surface area (Å²) < 4.78 is 28.7. The fraction of sp³-hybridized carbons (Fsp3) is 0.227. The number of aromatic nitrogens is 1. The van der Waals surface area contributed by atoms with Crippen molar-refractivity contribution in [3.8, 4) is 11.1 Å². The Balaban J connectivity index is 1.81. The summed E-state index contributed by atoms with van der Waals surface area (Å²) in [4.78, 5) is 33.2. The number of nitrogens with zero attached hydrogens (tertiary/aromatic N) is 3. The summed E-state index contributed by atoms with van der Waals surface area (Å²) in [6, 6.07) is 11.2. The first-order valence-corrected chi connectivity index (χ1v) is 11.5. The molecule has 8 nitrogen and oxygen atoms in total. The third-order valence-electron chi connectivity index (χ3n) is 5.19. The maximum atomic E-state index is 13.1. The quantitative estimate of drug-likeness (QED) is 0.621. The summed E-state index contributed by atoms with van der Waals surface area (Å²) in [5.74, 6) is 0.0873. The minimum Gasteiger partial charge on any atom is -0.459 e. The Kier molecular flexibility index (Phi) is 5.14. The van der Waals surface area contributed by atoms with Crippen LogP contribution in [0.15, 0.2) is 64.2 Å². The van der Waals surface area contributed by atoms with Crippen molar-refractivity contribution in [1.82, 2.24) is 4.98 Å². The Bertz CT molecular complexity index is 1250. The number of anilines is 2. The van der Waals surface area contributed by atoms with Crippen LogP contribution in [-0.2, 0) is 14.6 Å². The number of rotatable bonds is 3. The van der Waals surface area contributed by atoms with E-state index in [1.54, 1.807) is 46.3 Å². The Morgan fingerprint density at radius 2 is 1.84 bits per heavy atom. The standard InChI is InChI=1S/C22H21N3O5S/c1-14-13-24(22(27)20-5-4-10-30-20)19-11-17(12-23-21(19)25(14)15(2)26)16-6-8-18(9-7-16)31(3,28)29/h4-12,14H,13H2,1-3H3. The molecule has 0 aliphatic carbocycles. The van der Waals surface area contributed by atoms with Gasteiger partial charge in [-0.1, -0.05) is 12.1 Å². The minimum atomic E-state index is -3.31. The summed E-state index contributed by atoms with van der Waals surface area (Å²) in [5, 5.41) is 0. The zero-order chi connectivity index (χ0) is 22.3. The molecule has 1 aliphatic rings. The highest BCUT2D eigenvalue weighted by atomic mass is 32.2. The summed E-state index contributed by atoms with van der Waals surface area (Å²) in [6.45, 7) is 3.60. The van der Waals surface area contributed by atoms with E-state index in [2.05, 4.69) is 4.98 Å². The number of carbonyl (C=O) groups excluding carboxylic acids is 2. The second kappa shape index (κ2) is 7.66. The average Bonchev–Trinajstić information content (AvgIpc) is 3.26. The van der Waals surface area contributed by atoms with Crippen LogP contribution < -0.4 is 9.80 Å². The highest BCUT2D eigenvalue weighted by Crippen LogP contribution is 2.37. The van der Waals surface area contributed by atoms with E-state index in [-0.39, 0.29) is 35.1 Å². The maximum absolute atomic E-state index is 13.1. The molecule has 0 saturated carbocycles. The van der Waals surface area contributed by atoms with Crippen molar-refractivity contribution >= 4 is 33.2 Å². The highest BCUT2D eigenvalue weighted by molar-refractivity contribution is 7.90. The van der Waals surface area contributed by atoms with Gasteiger partial charge in [-0.25, -0.2) is 13.4 Å². The fourth-order valence-corrected chi connectivity index (χ4v) is 4.35. The fourth-order valence-electron chi connectivity index (χ4n) is 3.72. The zero-order valence-corrected chi connectivity index (χ0v) is 18.1. The van der Waals surface area contributed by atoms with Gasteiger partial charge in [-0.3, -0.25) is 14.5 Å². The van der Waals surface area contributed by atoms with Crippen LogP contribution in [0.4, 0.5) is 11.5 Å². The Labute approximate surface area is 180 Å². The van der Waals surface area contributed by atoms with E-state index in [1.807, 2.05) is 6.92 Å². The molecule has 2 aromatic heterocycles. The van der Waals surface area contributed by atoms with Crippen LogP contribution in [0.2, 0.25) is 0 Å². The number of fused-ring (bicyclic) bond motifs is 1. The van der Waals surface area contributed by atoms with Gasteiger partial charge in [0.15, 0.2) is 21.4 Å². The van der Waals surface area contributed by atoms with Crippen LogP contribution in [-0.4, -0.2) is 44.1 Å². The molecule has 1 aromatic carbocycles. The molecular formula is C22H21N3O5S. The van der Waals surface area contributed by atoms with Crippen LogP contribution in [0.3, 0.4) is 0 Å². The first-order chi connectivity index (χ1) is 14.7. The lowest BCUT2D eigenvalue weighted by Crippen LogP contribution is -2.51. The predicted molar refractivity (Wildman–Crippen MR) is 116 cm³/mol. The molecular weight excluding hydrogens is 418 g/mol. The van der Waals surface area contributed by atoms with Crippen LogP contribution >= 0.6 is 0 Å². The lowest BCUT2D eigenvalue weighted by Gasteiger charge is -2.39. The second-order valence-electron chi connectivity index (χ2n) is 7.49. The highest BCUT2D eigenvalue weighted by Gasteiger charge is 2.36. The van der Waals surface area contributed by atoms with Crippen molar-refractivity contribution in [3.05, 3.63) is 60.7 Å². The molecule has 0 radical (unpaired) electrons. The first-order valence-electron chi connectivity index (χ1n) is 9.62. The summed E-state index contributed by atoms with van der Waals surface area (Å²) in [7, 11) is -3.31. The van der Waals surface area contributed by atoms with E-state index in [0.717, 1.165) is 11.8 Å². The smallest absolute Gasteiger partial charge is 0.294 e. The molecule has 0 bridgehead atoms. The first kappa shape index (κ1) is 20.8. The van der Waals surface area contributed by atoms with Crippen molar-refractivity contribution in [3.63, 3.8) is 0 Å². The molecule has 9 heteroatoms. The van der Waals surface area contributed by atoms with Gasteiger partial charge >= 0.3 is 0 Å². The minimum absolute atomic E-state index is 0.170. The number of hydrogen-bond acceptors (Lipinski definition) is 6. The van der Waals surface area contributed by atoms with Crippen molar-refractivity contribution < 1.29 is 22.4 Å². The molecule has 2 amide bonds. The van der Waals surface area contributed by atoms with Gasteiger partial charge in [-0.2, -0.15) is 0 Å². The Hall–Kier alpha value is -3.46. The van der Waals surface area contributed by atoms with Crippen molar-refractivity contribution in [2.24, 2.45) is 0 Å². The molecule has 4 rings (SSSR count). The molecule has 3 aromatic rings. The molecule has 0 spiro atoms. The molecule has 1 atom stereocenters. The van der Waals surface area contributed by atoms with Crippen LogP contribution in [0.1, 0.15) is 24.4 Å². The third kappa shape index (κ3) is 3.84. The van der Waals surface area contributed by atoms with E-state index in [4.69, 9.17) is 4.42 Å². The number of sulfone groups is 1. The van der Waals surface area contributed by atoms with Crippen LogP contribution in [0, 0.1) is 0 Å². The van der Waals surface area contributed by atoms with Crippen LogP contribution in [0.5, 0.6) is 0 Å². The molecule has 3 heterocycles. The van der Waals surface area contributed by atoms with E-state index in [0.29, 0.717) is 17.1 Å². The molecule has 1 unspecified atom stereocenters. The van der Waals surface area contributed by atoms with E-state index in [1.165, 1.54) is 25.3 Å². The van der Waals surface area contributed by atoms with Crippen LogP contribution in [0.25, 0.3) is 11.1 Å². The summed E-state index contributed by atoms with van der Waals surface area (Å²) in [6.07, 6.45) is 4.19. The molecule has 31 heavy (non-hydrogen) atoms. The van der Waals surface area contributed by atoms with Gasteiger partial charge in [-0.05, 0) is 42.8 Å². The van der Waals surface area contributed by atoms with Crippen molar-refractivity contribution in [1.29, 1.82) is 0 Å². The normalized spacial score (nSPS) is 16.2. The SMILES string of the molecule is CC(=O)N1c2ncc(-c3ccc(S(C)(=O)=O)cc3)cc2N(C(=O)c2ccco2)CC1C. The van der Waals surface area contributed by atoms with Gasteiger partial charge in [0.05, 0.1) is 22.9 Å². The topological polar surface area (TPSA) is 101 Å². The predicted octanol–water partition coefficient (Wildman–Crippen LogP) is 3.15. The molecule has 0 N–H and O–H groups in total. The lowest BCUT2D eigenvalue weighted by atomic mass is 10.0. The second-order valence-corrected chi connectivity index (χ2v) is 9.51. The zero-order valence-electron chi connectivity index (χ0n) is 17.3. The van der Waals surface area contributed by atoms with Crippen molar-refractivity contribution in [2.45, 2.75) is 24.8 Å². The molecule has 0 saturated heterocycles. The number of benzene rings is 1. The average molecular weight is 439 g/mol. The van der Waals surface area contributed by atoms with E-state index in [9.17, 15) is 18.0 Å². The van der Waals surface area contributed by atoms with E-state index >= 15 is 0 Å². The van der Waals surface area contributed by atoms with Gasteiger partial charge in [-0.15, -0.1) is 0 Å². The van der Waals surface area contributed by atoms with Crippen molar-refractivity contribution in [2.75, 3.05) is 22.6 Å². The third-order valence-corrected chi connectivity index (χ3v) is 6.31. The largest absolute Gasteiger partial charge is 0.459 e.